The lowest BCUT2D eigenvalue weighted by Crippen LogP contribution is -2.47. The number of thioether (sulfide) groups is 1. The van der Waals surface area contributed by atoms with E-state index in [4.69, 9.17) is 5.11 Å². The van der Waals surface area contributed by atoms with E-state index < -0.39 is 5.97 Å². The number of imidazole rings is 1. The van der Waals surface area contributed by atoms with Gasteiger partial charge in [-0.3, -0.25) is 0 Å². The first-order valence-corrected chi connectivity index (χ1v) is 7.50. The molecule has 1 saturated heterocycles. The van der Waals surface area contributed by atoms with Crippen molar-refractivity contribution in [3.05, 3.63) is 18.2 Å². The van der Waals surface area contributed by atoms with E-state index in [1.54, 1.807) is 4.57 Å². The Morgan fingerprint density at radius 2 is 2.40 bits per heavy atom. The molecule has 0 aromatic carbocycles. The van der Waals surface area contributed by atoms with Crippen LogP contribution in [-0.2, 0) is 6.54 Å². The molecule has 1 aromatic heterocycles. The number of hydrogen-bond acceptors (Lipinski definition) is 4. The predicted octanol–water partition coefficient (Wildman–Crippen LogP) is 0.728. The average Bonchev–Trinajstić information content (AvgIpc) is 2.87. The maximum absolute atomic E-state index is 11.9. The highest BCUT2D eigenvalue weighted by Crippen LogP contribution is 2.17. The third kappa shape index (κ3) is 3.89. The molecule has 1 aromatic rings. The second kappa shape index (κ2) is 6.65. The van der Waals surface area contributed by atoms with Gasteiger partial charge in [0.1, 0.15) is 0 Å². The highest BCUT2D eigenvalue weighted by atomic mass is 32.2. The number of nitrogens with one attached hydrogen (secondary N) is 1. The molecule has 1 fully saturated rings. The van der Waals surface area contributed by atoms with Crippen LogP contribution in [0.4, 0.5) is 4.79 Å². The number of carboxylic acid groups (broad SMARTS) is 1. The summed E-state index contributed by atoms with van der Waals surface area (Å²) in [5.74, 6) is -0.0782. The van der Waals surface area contributed by atoms with Gasteiger partial charge in [-0.2, -0.15) is 11.8 Å². The van der Waals surface area contributed by atoms with Gasteiger partial charge < -0.3 is 19.9 Å². The van der Waals surface area contributed by atoms with Crippen LogP contribution < -0.4 is 5.32 Å². The van der Waals surface area contributed by atoms with E-state index >= 15 is 0 Å². The van der Waals surface area contributed by atoms with Gasteiger partial charge in [0.2, 0.25) is 0 Å². The Kier molecular flexibility index (Phi) is 4.89. The van der Waals surface area contributed by atoms with Gasteiger partial charge in [-0.1, -0.05) is 6.92 Å². The minimum Gasteiger partial charge on any atom is -0.476 e. The van der Waals surface area contributed by atoms with Crippen molar-refractivity contribution in [2.45, 2.75) is 18.7 Å². The molecule has 20 heavy (non-hydrogen) atoms. The molecule has 1 unspecified atom stereocenters. The Labute approximate surface area is 121 Å². The topological polar surface area (TPSA) is 87.5 Å². The summed E-state index contributed by atoms with van der Waals surface area (Å²) in [6.45, 7) is 4.61. The van der Waals surface area contributed by atoms with Crippen molar-refractivity contribution >= 4 is 23.8 Å². The van der Waals surface area contributed by atoms with Crippen molar-refractivity contribution in [2.75, 3.05) is 25.4 Å². The minimum absolute atomic E-state index is 0.0122. The molecule has 1 aliphatic rings. The third-order valence-electron chi connectivity index (χ3n) is 3.03. The van der Waals surface area contributed by atoms with Gasteiger partial charge in [-0.15, -0.1) is 0 Å². The van der Waals surface area contributed by atoms with Crippen LogP contribution in [0.15, 0.2) is 12.5 Å². The lowest BCUT2D eigenvalue weighted by molar-refractivity contribution is 0.0691. The number of carboxylic acids is 1. The Balaban J connectivity index is 1.74. The van der Waals surface area contributed by atoms with Crippen LogP contribution in [0.5, 0.6) is 0 Å². The molecule has 0 radical (unpaired) electrons. The zero-order chi connectivity index (χ0) is 14.5. The largest absolute Gasteiger partial charge is 0.476 e. The van der Waals surface area contributed by atoms with Crippen LogP contribution in [-0.4, -0.2) is 62.2 Å². The molecule has 0 spiro atoms. The van der Waals surface area contributed by atoms with Crippen LogP contribution in [0.3, 0.4) is 0 Å². The fourth-order valence-electron chi connectivity index (χ4n) is 2.00. The highest BCUT2D eigenvalue weighted by molar-refractivity contribution is 7.99. The molecular weight excluding hydrogens is 280 g/mol. The predicted molar refractivity (Wildman–Crippen MR) is 76.1 cm³/mol. The van der Waals surface area contributed by atoms with E-state index in [0.717, 1.165) is 18.8 Å². The summed E-state index contributed by atoms with van der Waals surface area (Å²) < 4.78 is 1.65. The molecule has 0 bridgehead atoms. The van der Waals surface area contributed by atoms with E-state index in [0.29, 0.717) is 18.3 Å². The number of hydrogen-bond donors (Lipinski definition) is 2. The van der Waals surface area contributed by atoms with Crippen molar-refractivity contribution in [1.82, 2.24) is 19.8 Å². The molecule has 110 valence electrons. The van der Waals surface area contributed by atoms with Gasteiger partial charge in [0.15, 0.2) is 5.69 Å². The van der Waals surface area contributed by atoms with Gasteiger partial charge in [0.05, 0.1) is 6.33 Å². The Morgan fingerprint density at radius 1 is 1.60 bits per heavy atom. The third-order valence-corrected chi connectivity index (χ3v) is 4.16. The first kappa shape index (κ1) is 14.7. The van der Waals surface area contributed by atoms with E-state index in [9.17, 15) is 9.59 Å². The van der Waals surface area contributed by atoms with Gasteiger partial charge in [-0.25, -0.2) is 14.6 Å². The Morgan fingerprint density at radius 3 is 3.05 bits per heavy atom. The van der Waals surface area contributed by atoms with Crippen molar-refractivity contribution in [3.8, 4) is 0 Å². The number of aromatic nitrogens is 2. The van der Waals surface area contributed by atoms with E-state index in [1.165, 1.54) is 12.5 Å². The molecule has 8 heteroatoms. The monoisotopic (exact) mass is 298 g/mol. The van der Waals surface area contributed by atoms with Crippen LogP contribution in [0.1, 0.15) is 17.4 Å². The summed E-state index contributed by atoms with van der Waals surface area (Å²) >= 11 is 1.88. The fourth-order valence-corrected chi connectivity index (χ4v) is 3.01. The molecule has 7 nitrogen and oxygen atoms in total. The summed E-state index contributed by atoms with van der Waals surface area (Å²) in [7, 11) is 0. The van der Waals surface area contributed by atoms with Gasteiger partial charge in [0, 0.05) is 43.4 Å². The molecular formula is C12H18N4O3S. The molecule has 2 heterocycles. The molecule has 2 amide bonds. The number of amides is 2. The number of carbonyl (C=O) groups excluding carboxylic acids is 1. The molecule has 0 saturated carbocycles. The van der Waals surface area contributed by atoms with E-state index in [2.05, 4.69) is 17.2 Å². The summed E-state index contributed by atoms with van der Waals surface area (Å²) in [6.07, 6.45) is 2.91. The maximum Gasteiger partial charge on any atom is 0.356 e. The summed E-state index contributed by atoms with van der Waals surface area (Å²) in [5.41, 5.74) is 0.0122. The summed E-state index contributed by atoms with van der Waals surface area (Å²) in [6, 6.07) is -0.0595. The van der Waals surface area contributed by atoms with Crippen molar-refractivity contribution in [2.24, 2.45) is 0 Å². The number of aromatic carboxylic acids is 1. The Hall–Kier alpha value is -1.70. The summed E-state index contributed by atoms with van der Waals surface area (Å²) in [4.78, 5) is 28.2. The second-order valence-corrected chi connectivity index (χ2v) is 6.21. The SMILES string of the molecule is CC1CN(C(=O)NCCn2cnc(C(=O)O)c2)CCS1. The van der Waals surface area contributed by atoms with Crippen LogP contribution >= 0.6 is 11.8 Å². The quantitative estimate of drug-likeness (QED) is 0.855. The van der Waals surface area contributed by atoms with Crippen LogP contribution in [0, 0.1) is 0 Å². The lowest BCUT2D eigenvalue weighted by atomic mass is 10.4. The first-order chi connectivity index (χ1) is 9.56. The van der Waals surface area contributed by atoms with Crippen LogP contribution in [0.2, 0.25) is 0 Å². The van der Waals surface area contributed by atoms with Crippen molar-refractivity contribution in [1.29, 1.82) is 0 Å². The smallest absolute Gasteiger partial charge is 0.356 e. The Bertz CT molecular complexity index is 491. The minimum atomic E-state index is -1.05. The van der Waals surface area contributed by atoms with Gasteiger partial charge in [-0.05, 0) is 0 Å². The zero-order valence-electron chi connectivity index (χ0n) is 11.3. The maximum atomic E-state index is 11.9. The number of nitrogens with zero attached hydrogens (tertiary/aromatic N) is 3. The zero-order valence-corrected chi connectivity index (χ0v) is 12.1. The molecule has 1 atom stereocenters. The summed E-state index contributed by atoms with van der Waals surface area (Å²) in [5, 5.41) is 12.1. The van der Waals surface area contributed by atoms with Crippen molar-refractivity contribution < 1.29 is 14.7 Å². The number of carbonyl (C=O) groups is 2. The van der Waals surface area contributed by atoms with Crippen LogP contribution in [0.25, 0.3) is 0 Å². The second-order valence-electron chi connectivity index (χ2n) is 4.66. The average molecular weight is 298 g/mol. The first-order valence-electron chi connectivity index (χ1n) is 6.45. The lowest BCUT2D eigenvalue weighted by Gasteiger charge is -2.30. The molecule has 2 rings (SSSR count). The molecule has 0 aliphatic carbocycles. The molecule has 1 aliphatic heterocycles. The van der Waals surface area contributed by atoms with E-state index in [-0.39, 0.29) is 11.7 Å². The van der Waals surface area contributed by atoms with Crippen molar-refractivity contribution in [3.63, 3.8) is 0 Å². The van der Waals surface area contributed by atoms with Gasteiger partial charge in [0.25, 0.3) is 0 Å². The molecule has 2 N–H and O–H groups in total. The number of urea groups is 1. The number of rotatable bonds is 4. The van der Waals surface area contributed by atoms with E-state index in [1.807, 2.05) is 16.7 Å². The fraction of sp³-hybridized carbons (Fsp3) is 0.583. The standard InChI is InChI=1S/C12H18N4O3S/c1-9-6-16(4-5-20-9)12(19)13-2-3-15-7-10(11(17)18)14-8-15/h7-9H,2-6H2,1H3,(H,13,19)(H,17,18). The highest BCUT2D eigenvalue weighted by Gasteiger charge is 2.20. The van der Waals surface area contributed by atoms with Gasteiger partial charge >= 0.3 is 12.0 Å². The normalized spacial score (nSPS) is 18.9.